The van der Waals surface area contributed by atoms with Crippen LogP contribution >= 0.6 is 0 Å². The van der Waals surface area contributed by atoms with E-state index in [0.717, 1.165) is 22.3 Å². The number of carbonyl (C=O) groups is 2. The number of amides is 2. The van der Waals surface area contributed by atoms with E-state index in [1.165, 1.54) is 0 Å². The predicted octanol–water partition coefficient (Wildman–Crippen LogP) is 3.01. The molecule has 2 amide bonds. The van der Waals surface area contributed by atoms with Crippen LogP contribution in [0.25, 0.3) is 0 Å². The molecule has 0 radical (unpaired) electrons. The van der Waals surface area contributed by atoms with Gasteiger partial charge in [-0.1, -0.05) is 59.7 Å². The van der Waals surface area contributed by atoms with Crippen molar-refractivity contribution in [3.05, 3.63) is 70.8 Å². The molecule has 1 atom stereocenters. The number of aryl methyl sites for hydroxylation is 2. The highest BCUT2D eigenvalue weighted by Gasteiger charge is 2.25. The van der Waals surface area contributed by atoms with E-state index in [1.807, 2.05) is 62.4 Å². The molecule has 1 unspecified atom stereocenters. The van der Waals surface area contributed by atoms with Crippen LogP contribution in [0, 0.1) is 13.8 Å². The minimum absolute atomic E-state index is 0.0542. The van der Waals surface area contributed by atoms with Crippen molar-refractivity contribution in [3.8, 4) is 0 Å². The van der Waals surface area contributed by atoms with Crippen LogP contribution < -0.4 is 5.32 Å². The van der Waals surface area contributed by atoms with Crippen LogP contribution in [0.1, 0.15) is 29.2 Å². The number of benzene rings is 2. The molecule has 0 saturated carbocycles. The van der Waals surface area contributed by atoms with Crippen LogP contribution in [-0.2, 0) is 22.6 Å². The van der Waals surface area contributed by atoms with Crippen molar-refractivity contribution in [3.63, 3.8) is 0 Å². The molecule has 0 aliphatic heterocycles. The van der Waals surface area contributed by atoms with Gasteiger partial charge in [0.25, 0.3) is 0 Å². The fourth-order valence-electron chi connectivity index (χ4n) is 2.78. The molecule has 1 N–H and O–H groups in total. The second-order valence-corrected chi connectivity index (χ2v) is 6.46. The summed E-state index contributed by atoms with van der Waals surface area (Å²) in [5, 5.41) is 2.64. The summed E-state index contributed by atoms with van der Waals surface area (Å²) in [4.78, 5) is 26.6. The maximum atomic E-state index is 12.9. The van der Waals surface area contributed by atoms with Gasteiger partial charge in [-0.2, -0.15) is 0 Å². The monoisotopic (exact) mass is 338 g/mol. The summed E-state index contributed by atoms with van der Waals surface area (Å²) < 4.78 is 0. The van der Waals surface area contributed by atoms with E-state index in [2.05, 4.69) is 5.32 Å². The van der Waals surface area contributed by atoms with Crippen LogP contribution in [0.15, 0.2) is 48.5 Å². The average Bonchev–Trinajstić information content (AvgIpc) is 2.60. The zero-order valence-corrected chi connectivity index (χ0v) is 15.4. The Bertz CT molecular complexity index is 738. The maximum absolute atomic E-state index is 12.9. The summed E-state index contributed by atoms with van der Waals surface area (Å²) in [5.41, 5.74) is 4.27. The molecule has 2 aromatic rings. The lowest BCUT2D eigenvalue weighted by molar-refractivity contribution is -0.139. The lowest BCUT2D eigenvalue weighted by atomic mass is 10.1. The average molecular weight is 338 g/mol. The number of nitrogens with one attached hydrogen (secondary N) is 1. The molecule has 2 aromatic carbocycles. The highest BCUT2D eigenvalue weighted by molar-refractivity contribution is 5.88. The molecule has 0 saturated heterocycles. The minimum Gasteiger partial charge on any atom is -0.357 e. The molecule has 0 aliphatic rings. The summed E-state index contributed by atoms with van der Waals surface area (Å²) in [6.07, 6.45) is 0.285. The molecule has 25 heavy (non-hydrogen) atoms. The van der Waals surface area contributed by atoms with Crippen molar-refractivity contribution in [1.29, 1.82) is 0 Å². The van der Waals surface area contributed by atoms with E-state index in [9.17, 15) is 9.59 Å². The normalized spacial score (nSPS) is 11.7. The largest absolute Gasteiger partial charge is 0.357 e. The van der Waals surface area contributed by atoms with Gasteiger partial charge in [-0.3, -0.25) is 9.59 Å². The Hall–Kier alpha value is -2.62. The molecule has 0 spiro atoms. The quantitative estimate of drug-likeness (QED) is 0.880. The van der Waals surface area contributed by atoms with Gasteiger partial charge in [0.15, 0.2) is 0 Å². The molecule has 0 heterocycles. The van der Waals surface area contributed by atoms with Crippen LogP contribution in [0.2, 0.25) is 0 Å². The van der Waals surface area contributed by atoms with Crippen LogP contribution in [0.4, 0.5) is 0 Å². The lowest BCUT2D eigenvalue weighted by Gasteiger charge is -2.28. The van der Waals surface area contributed by atoms with Crippen LogP contribution in [0.3, 0.4) is 0 Å². The summed E-state index contributed by atoms with van der Waals surface area (Å²) in [5.74, 6) is -0.216. The van der Waals surface area contributed by atoms with Gasteiger partial charge in [0, 0.05) is 13.6 Å². The Kier molecular flexibility index (Phi) is 6.34. The molecule has 0 aliphatic carbocycles. The first-order chi connectivity index (χ1) is 11.9. The summed E-state index contributed by atoms with van der Waals surface area (Å²) in [7, 11) is 1.59. The van der Waals surface area contributed by atoms with E-state index >= 15 is 0 Å². The Labute approximate surface area is 149 Å². The van der Waals surface area contributed by atoms with Crippen molar-refractivity contribution in [2.75, 3.05) is 7.05 Å². The summed E-state index contributed by atoms with van der Waals surface area (Å²) in [6, 6.07) is 15.4. The third kappa shape index (κ3) is 5.18. The molecule has 0 bridgehead atoms. The number of likely N-dealkylation sites (N-methyl/N-ethyl adjacent to an activating group) is 1. The zero-order valence-electron chi connectivity index (χ0n) is 15.4. The number of rotatable bonds is 6. The highest BCUT2D eigenvalue weighted by atomic mass is 16.2. The van der Waals surface area contributed by atoms with Gasteiger partial charge < -0.3 is 10.2 Å². The fraction of sp³-hybridized carbons (Fsp3) is 0.333. The zero-order chi connectivity index (χ0) is 18.4. The molecule has 4 heteroatoms. The minimum atomic E-state index is -0.525. The van der Waals surface area contributed by atoms with E-state index in [4.69, 9.17) is 0 Å². The Morgan fingerprint density at radius 1 is 1.00 bits per heavy atom. The van der Waals surface area contributed by atoms with Gasteiger partial charge in [0.2, 0.25) is 11.8 Å². The first kappa shape index (κ1) is 18.7. The number of hydrogen-bond acceptors (Lipinski definition) is 2. The summed E-state index contributed by atoms with van der Waals surface area (Å²) >= 11 is 0. The van der Waals surface area contributed by atoms with Crippen molar-refractivity contribution < 1.29 is 9.59 Å². The Morgan fingerprint density at radius 3 is 2.28 bits per heavy atom. The third-order valence-corrected chi connectivity index (χ3v) is 4.33. The predicted molar refractivity (Wildman–Crippen MR) is 100 cm³/mol. The highest BCUT2D eigenvalue weighted by Crippen LogP contribution is 2.14. The van der Waals surface area contributed by atoms with E-state index in [0.29, 0.717) is 6.54 Å². The second-order valence-electron chi connectivity index (χ2n) is 6.46. The smallest absolute Gasteiger partial charge is 0.242 e. The molecular formula is C21H26N2O2. The van der Waals surface area contributed by atoms with E-state index in [-0.39, 0.29) is 18.2 Å². The van der Waals surface area contributed by atoms with Crippen LogP contribution in [0.5, 0.6) is 0 Å². The van der Waals surface area contributed by atoms with Gasteiger partial charge in [0.1, 0.15) is 6.04 Å². The van der Waals surface area contributed by atoms with Crippen molar-refractivity contribution >= 4 is 11.8 Å². The van der Waals surface area contributed by atoms with E-state index in [1.54, 1.807) is 18.9 Å². The molecule has 0 aromatic heterocycles. The van der Waals surface area contributed by atoms with Crippen LogP contribution in [-0.4, -0.2) is 29.8 Å². The lowest BCUT2D eigenvalue weighted by Crippen LogP contribution is -2.47. The maximum Gasteiger partial charge on any atom is 0.242 e. The molecule has 2 rings (SSSR count). The Morgan fingerprint density at radius 2 is 1.68 bits per heavy atom. The first-order valence-electron chi connectivity index (χ1n) is 8.53. The van der Waals surface area contributed by atoms with Gasteiger partial charge >= 0.3 is 0 Å². The number of carbonyl (C=O) groups excluding carboxylic acids is 2. The summed E-state index contributed by atoms with van der Waals surface area (Å²) in [6.45, 7) is 6.22. The molecule has 132 valence electrons. The standard InChI is InChI=1S/C21H26N2O2/c1-15-8-10-18(11-9-15)13-20(24)23(17(3)21(25)22-4)14-19-7-5-6-16(2)12-19/h5-12,17H,13-14H2,1-4H3,(H,22,25). The van der Waals surface area contributed by atoms with Gasteiger partial charge in [-0.15, -0.1) is 0 Å². The molecular weight excluding hydrogens is 312 g/mol. The third-order valence-electron chi connectivity index (χ3n) is 4.33. The second kappa shape index (κ2) is 8.47. The Balaban J connectivity index is 2.21. The van der Waals surface area contributed by atoms with Crippen molar-refractivity contribution in [2.24, 2.45) is 0 Å². The SMILES string of the molecule is CNC(=O)C(C)N(Cc1cccc(C)c1)C(=O)Cc1ccc(C)cc1. The topological polar surface area (TPSA) is 49.4 Å². The molecule has 4 nitrogen and oxygen atoms in total. The van der Waals surface area contributed by atoms with Gasteiger partial charge in [-0.05, 0) is 31.9 Å². The number of nitrogens with zero attached hydrogens (tertiary/aromatic N) is 1. The van der Waals surface area contributed by atoms with Crippen molar-refractivity contribution in [1.82, 2.24) is 10.2 Å². The fourth-order valence-corrected chi connectivity index (χ4v) is 2.78. The van der Waals surface area contributed by atoms with Gasteiger partial charge in [0.05, 0.1) is 6.42 Å². The first-order valence-corrected chi connectivity index (χ1v) is 8.53. The number of hydrogen-bond donors (Lipinski definition) is 1. The van der Waals surface area contributed by atoms with Gasteiger partial charge in [-0.25, -0.2) is 0 Å². The molecule has 0 fully saturated rings. The van der Waals surface area contributed by atoms with Crippen molar-refractivity contribution in [2.45, 2.75) is 39.8 Å². The van der Waals surface area contributed by atoms with E-state index < -0.39 is 6.04 Å².